The van der Waals surface area contributed by atoms with Crippen molar-refractivity contribution in [2.75, 3.05) is 6.61 Å². The van der Waals surface area contributed by atoms with Crippen molar-refractivity contribution in [3.05, 3.63) is 12.2 Å². The Kier molecular flexibility index (Phi) is 3.10. The van der Waals surface area contributed by atoms with Gasteiger partial charge in [-0.2, -0.15) is 0 Å². The summed E-state index contributed by atoms with van der Waals surface area (Å²) in [6.07, 6.45) is 0. The van der Waals surface area contributed by atoms with Crippen molar-refractivity contribution in [1.82, 2.24) is 0 Å². The molecule has 0 fully saturated rings. The maximum Gasteiger partial charge on any atom is 0.0501 e. The van der Waals surface area contributed by atoms with Gasteiger partial charge in [-0.15, -0.1) is 0 Å². The van der Waals surface area contributed by atoms with Gasteiger partial charge in [0.2, 0.25) is 0 Å². The van der Waals surface area contributed by atoms with Crippen molar-refractivity contribution in [2.24, 2.45) is 11.3 Å². The molecule has 0 spiro atoms. The molecule has 1 heteroatoms. The Hall–Kier alpha value is -0.300. The van der Waals surface area contributed by atoms with E-state index in [2.05, 4.69) is 27.4 Å². The van der Waals surface area contributed by atoms with E-state index in [-0.39, 0.29) is 17.9 Å². The predicted molar refractivity (Wildman–Crippen MR) is 44.8 cm³/mol. The molecule has 0 aliphatic carbocycles. The molecule has 1 unspecified atom stereocenters. The topological polar surface area (TPSA) is 20.2 Å². The summed E-state index contributed by atoms with van der Waals surface area (Å²) < 4.78 is 0. The van der Waals surface area contributed by atoms with E-state index >= 15 is 0 Å². The summed E-state index contributed by atoms with van der Waals surface area (Å²) in [5, 5.41) is 8.97. The second kappa shape index (κ2) is 3.20. The van der Waals surface area contributed by atoms with Crippen LogP contribution in [0.5, 0.6) is 0 Å². The fraction of sp³-hybridized carbons (Fsp3) is 0.778. The third-order valence-corrected chi connectivity index (χ3v) is 1.82. The molecule has 0 saturated heterocycles. The number of rotatable bonds is 2. The lowest BCUT2D eigenvalue weighted by Gasteiger charge is -2.29. The minimum Gasteiger partial charge on any atom is -0.396 e. The minimum atomic E-state index is 0.139. The van der Waals surface area contributed by atoms with Gasteiger partial charge in [0.15, 0.2) is 0 Å². The van der Waals surface area contributed by atoms with Gasteiger partial charge in [-0.1, -0.05) is 32.9 Å². The van der Waals surface area contributed by atoms with Crippen molar-refractivity contribution < 1.29 is 5.11 Å². The Morgan fingerprint density at radius 2 is 1.90 bits per heavy atom. The van der Waals surface area contributed by atoms with E-state index in [0.717, 1.165) is 5.57 Å². The second-order valence-electron chi connectivity index (χ2n) is 3.95. The first-order valence-corrected chi connectivity index (χ1v) is 3.66. The van der Waals surface area contributed by atoms with Crippen LogP contribution in [0.25, 0.3) is 0 Å². The van der Waals surface area contributed by atoms with Crippen LogP contribution in [-0.2, 0) is 0 Å². The molecule has 0 amide bonds. The van der Waals surface area contributed by atoms with Gasteiger partial charge in [0, 0.05) is 5.92 Å². The summed E-state index contributed by atoms with van der Waals surface area (Å²) in [7, 11) is 0. The third kappa shape index (κ3) is 2.53. The summed E-state index contributed by atoms with van der Waals surface area (Å²) in [4.78, 5) is 0. The Labute approximate surface area is 63.8 Å². The average Bonchev–Trinajstić information content (AvgIpc) is 1.60. The number of aliphatic hydroxyl groups is 1. The SMILES string of the molecule is C=C(C)C(CO)C(C)(C)C. The molecule has 0 saturated carbocycles. The number of hydrogen-bond donors (Lipinski definition) is 1. The molecule has 0 aliphatic rings. The van der Waals surface area contributed by atoms with Crippen molar-refractivity contribution in [1.29, 1.82) is 0 Å². The van der Waals surface area contributed by atoms with Gasteiger partial charge >= 0.3 is 0 Å². The van der Waals surface area contributed by atoms with E-state index in [1.165, 1.54) is 0 Å². The van der Waals surface area contributed by atoms with E-state index in [1.54, 1.807) is 0 Å². The van der Waals surface area contributed by atoms with E-state index in [0.29, 0.717) is 0 Å². The van der Waals surface area contributed by atoms with Crippen molar-refractivity contribution in [2.45, 2.75) is 27.7 Å². The molecule has 0 rings (SSSR count). The maximum absolute atomic E-state index is 8.97. The van der Waals surface area contributed by atoms with Gasteiger partial charge < -0.3 is 5.11 Å². The molecule has 1 nitrogen and oxygen atoms in total. The molecular formula is C9H18O. The van der Waals surface area contributed by atoms with E-state index in [4.69, 9.17) is 5.11 Å². The molecular weight excluding hydrogens is 124 g/mol. The standard InChI is InChI=1S/C9H18O/c1-7(2)8(6-10)9(3,4)5/h8,10H,1,6H2,2-5H3. The van der Waals surface area contributed by atoms with Gasteiger partial charge in [0.25, 0.3) is 0 Å². The van der Waals surface area contributed by atoms with Crippen molar-refractivity contribution in [3.63, 3.8) is 0 Å². The van der Waals surface area contributed by atoms with Crippen LogP contribution in [-0.4, -0.2) is 11.7 Å². The Bertz CT molecular complexity index is 119. The van der Waals surface area contributed by atoms with E-state index in [9.17, 15) is 0 Å². The molecule has 0 radical (unpaired) electrons. The Balaban J connectivity index is 4.22. The molecule has 0 aliphatic heterocycles. The quantitative estimate of drug-likeness (QED) is 0.586. The first-order valence-electron chi connectivity index (χ1n) is 3.66. The summed E-state index contributed by atoms with van der Waals surface area (Å²) in [5.41, 5.74) is 1.20. The van der Waals surface area contributed by atoms with Crippen LogP contribution >= 0.6 is 0 Å². The van der Waals surface area contributed by atoms with Crippen LogP contribution in [0, 0.1) is 11.3 Å². The first-order chi connectivity index (χ1) is 4.39. The summed E-state index contributed by atoms with van der Waals surface area (Å²) in [5.74, 6) is 0.229. The van der Waals surface area contributed by atoms with Crippen LogP contribution < -0.4 is 0 Å². The molecule has 1 N–H and O–H groups in total. The highest BCUT2D eigenvalue weighted by atomic mass is 16.3. The molecule has 1 atom stereocenters. The van der Waals surface area contributed by atoms with Crippen LogP contribution in [0.2, 0.25) is 0 Å². The summed E-state index contributed by atoms with van der Waals surface area (Å²) in [6, 6.07) is 0. The summed E-state index contributed by atoms with van der Waals surface area (Å²) >= 11 is 0. The molecule has 0 aromatic rings. The third-order valence-electron chi connectivity index (χ3n) is 1.82. The van der Waals surface area contributed by atoms with Crippen LogP contribution in [0.15, 0.2) is 12.2 Å². The van der Waals surface area contributed by atoms with Gasteiger partial charge in [-0.05, 0) is 12.3 Å². The van der Waals surface area contributed by atoms with E-state index < -0.39 is 0 Å². The monoisotopic (exact) mass is 142 g/mol. The number of hydrogen-bond acceptors (Lipinski definition) is 1. The lowest BCUT2D eigenvalue weighted by atomic mass is 9.78. The van der Waals surface area contributed by atoms with Crippen molar-refractivity contribution >= 4 is 0 Å². The van der Waals surface area contributed by atoms with Gasteiger partial charge in [-0.3, -0.25) is 0 Å². The smallest absolute Gasteiger partial charge is 0.0501 e. The van der Waals surface area contributed by atoms with Crippen LogP contribution in [0.1, 0.15) is 27.7 Å². The van der Waals surface area contributed by atoms with Gasteiger partial charge in [-0.25, -0.2) is 0 Å². The molecule has 0 aromatic heterocycles. The molecule has 0 bridgehead atoms. The second-order valence-corrected chi connectivity index (χ2v) is 3.95. The lowest BCUT2D eigenvalue weighted by Crippen LogP contribution is -2.24. The fourth-order valence-electron chi connectivity index (χ4n) is 1.17. The van der Waals surface area contributed by atoms with Gasteiger partial charge in [0.1, 0.15) is 0 Å². The normalized spacial score (nSPS) is 14.9. The minimum absolute atomic E-state index is 0.139. The fourth-order valence-corrected chi connectivity index (χ4v) is 1.17. The average molecular weight is 142 g/mol. The number of aliphatic hydroxyl groups excluding tert-OH is 1. The highest BCUT2D eigenvalue weighted by Crippen LogP contribution is 2.30. The van der Waals surface area contributed by atoms with Gasteiger partial charge in [0.05, 0.1) is 6.61 Å². The maximum atomic E-state index is 8.97. The molecule has 10 heavy (non-hydrogen) atoms. The largest absolute Gasteiger partial charge is 0.396 e. The predicted octanol–water partition coefficient (Wildman–Crippen LogP) is 2.22. The lowest BCUT2D eigenvalue weighted by molar-refractivity contribution is 0.159. The Morgan fingerprint density at radius 3 is 1.90 bits per heavy atom. The molecule has 60 valence electrons. The zero-order valence-electron chi connectivity index (χ0n) is 7.44. The highest BCUT2D eigenvalue weighted by molar-refractivity contribution is 5.00. The van der Waals surface area contributed by atoms with Crippen molar-refractivity contribution in [3.8, 4) is 0 Å². The zero-order chi connectivity index (χ0) is 8.36. The molecule has 0 aromatic carbocycles. The first kappa shape index (κ1) is 9.70. The Morgan fingerprint density at radius 1 is 1.50 bits per heavy atom. The van der Waals surface area contributed by atoms with E-state index in [1.807, 2.05) is 6.92 Å². The zero-order valence-corrected chi connectivity index (χ0v) is 7.44. The highest BCUT2D eigenvalue weighted by Gasteiger charge is 2.23. The van der Waals surface area contributed by atoms with Crippen LogP contribution in [0.4, 0.5) is 0 Å². The summed E-state index contributed by atoms with van der Waals surface area (Å²) in [6.45, 7) is 12.3. The van der Waals surface area contributed by atoms with Crippen LogP contribution in [0.3, 0.4) is 0 Å². The molecule has 0 heterocycles.